The van der Waals surface area contributed by atoms with Gasteiger partial charge in [-0.25, -0.2) is 0 Å². The first-order valence-corrected chi connectivity index (χ1v) is 7.35. The molecule has 2 heterocycles. The molecule has 1 saturated heterocycles. The highest BCUT2D eigenvalue weighted by Gasteiger charge is 2.31. The number of hydrogen-bond acceptors (Lipinski definition) is 3. The number of nitrogens with zero attached hydrogens (tertiary/aromatic N) is 1. The molecule has 3 heteroatoms. The molecule has 1 aliphatic rings. The number of aryl methyl sites for hydroxylation is 1. The molecule has 0 radical (unpaired) electrons. The molecule has 0 spiro atoms. The Bertz CT molecular complexity index is 417. The van der Waals surface area contributed by atoms with E-state index in [0.717, 1.165) is 30.5 Å². The van der Waals surface area contributed by atoms with Gasteiger partial charge >= 0.3 is 0 Å². The van der Waals surface area contributed by atoms with Crippen molar-refractivity contribution < 1.29 is 4.42 Å². The normalized spacial score (nSPS) is 21.2. The number of rotatable bonds is 4. The van der Waals surface area contributed by atoms with Gasteiger partial charge in [-0.3, -0.25) is 4.90 Å². The minimum Gasteiger partial charge on any atom is -0.465 e. The van der Waals surface area contributed by atoms with E-state index in [0.29, 0.717) is 5.41 Å². The lowest BCUT2D eigenvalue weighted by Crippen LogP contribution is -2.25. The molecule has 108 valence electrons. The van der Waals surface area contributed by atoms with Crippen LogP contribution in [-0.4, -0.2) is 25.0 Å². The Balaban J connectivity index is 1.94. The van der Waals surface area contributed by atoms with Gasteiger partial charge in [0.15, 0.2) is 0 Å². The molecule has 19 heavy (non-hydrogen) atoms. The fourth-order valence-corrected chi connectivity index (χ4v) is 2.94. The summed E-state index contributed by atoms with van der Waals surface area (Å²) in [6, 6.07) is 2.20. The van der Waals surface area contributed by atoms with Gasteiger partial charge in [0.25, 0.3) is 0 Å². The van der Waals surface area contributed by atoms with Gasteiger partial charge in [0.05, 0.1) is 6.54 Å². The van der Waals surface area contributed by atoms with Crippen LogP contribution in [0.5, 0.6) is 0 Å². The van der Waals surface area contributed by atoms with Gasteiger partial charge in [-0.15, -0.1) is 0 Å². The first kappa shape index (κ1) is 14.6. The molecule has 0 aliphatic carbocycles. The first-order valence-electron chi connectivity index (χ1n) is 7.35. The zero-order chi connectivity index (χ0) is 14.0. The highest BCUT2D eigenvalue weighted by Crippen LogP contribution is 2.34. The Hall–Kier alpha value is -0.800. The van der Waals surface area contributed by atoms with Gasteiger partial charge < -0.3 is 9.73 Å². The maximum atomic E-state index is 5.87. The third-order valence-corrected chi connectivity index (χ3v) is 4.32. The van der Waals surface area contributed by atoms with Crippen LogP contribution in [0.4, 0.5) is 0 Å². The second-order valence-electron chi connectivity index (χ2n) is 6.91. The molecular formula is C16H28N2O. The second kappa shape index (κ2) is 5.68. The van der Waals surface area contributed by atoms with Crippen molar-refractivity contribution >= 4 is 0 Å². The average molecular weight is 264 g/mol. The second-order valence-corrected chi connectivity index (χ2v) is 6.91. The van der Waals surface area contributed by atoms with Crippen molar-refractivity contribution in [2.24, 2.45) is 11.3 Å². The molecule has 1 aliphatic heterocycles. The predicted octanol–water partition coefficient (Wildman–Crippen LogP) is 3.18. The van der Waals surface area contributed by atoms with Gasteiger partial charge in [-0.05, 0) is 44.3 Å². The van der Waals surface area contributed by atoms with Crippen molar-refractivity contribution in [3.63, 3.8) is 0 Å². The van der Waals surface area contributed by atoms with E-state index in [9.17, 15) is 0 Å². The van der Waals surface area contributed by atoms with Crippen molar-refractivity contribution in [1.82, 2.24) is 10.2 Å². The van der Waals surface area contributed by atoms with E-state index in [2.05, 4.69) is 44.0 Å². The lowest BCUT2D eigenvalue weighted by atomic mass is 9.80. The molecule has 1 aromatic heterocycles. The van der Waals surface area contributed by atoms with Gasteiger partial charge in [0.1, 0.15) is 11.5 Å². The van der Waals surface area contributed by atoms with E-state index < -0.39 is 0 Å². The maximum Gasteiger partial charge on any atom is 0.118 e. The SMILES string of the molecule is CNCc1cc(CN2CCC(C(C)(C)C)C2)oc1C. The van der Waals surface area contributed by atoms with Crippen LogP contribution >= 0.6 is 0 Å². The molecule has 1 aromatic rings. The summed E-state index contributed by atoms with van der Waals surface area (Å²) in [4.78, 5) is 2.53. The van der Waals surface area contributed by atoms with Crippen LogP contribution in [0, 0.1) is 18.3 Å². The topological polar surface area (TPSA) is 28.4 Å². The maximum absolute atomic E-state index is 5.87. The van der Waals surface area contributed by atoms with Crippen molar-refractivity contribution in [2.45, 2.75) is 47.2 Å². The first-order chi connectivity index (χ1) is 8.90. The van der Waals surface area contributed by atoms with Crippen LogP contribution in [0.25, 0.3) is 0 Å². The van der Waals surface area contributed by atoms with Crippen molar-refractivity contribution in [1.29, 1.82) is 0 Å². The zero-order valence-electron chi connectivity index (χ0n) is 13.0. The fourth-order valence-electron chi connectivity index (χ4n) is 2.94. The molecule has 0 amide bonds. The summed E-state index contributed by atoms with van der Waals surface area (Å²) < 4.78 is 5.87. The Kier molecular flexibility index (Phi) is 4.36. The quantitative estimate of drug-likeness (QED) is 0.905. The summed E-state index contributed by atoms with van der Waals surface area (Å²) in [5, 5.41) is 3.19. The summed E-state index contributed by atoms with van der Waals surface area (Å²) in [6.07, 6.45) is 1.31. The lowest BCUT2D eigenvalue weighted by Gasteiger charge is -2.26. The summed E-state index contributed by atoms with van der Waals surface area (Å²) in [6.45, 7) is 13.3. The Morgan fingerprint density at radius 1 is 1.42 bits per heavy atom. The smallest absolute Gasteiger partial charge is 0.118 e. The van der Waals surface area contributed by atoms with E-state index in [-0.39, 0.29) is 0 Å². The predicted molar refractivity (Wildman–Crippen MR) is 79.0 cm³/mol. The molecule has 0 saturated carbocycles. The molecule has 1 unspecified atom stereocenters. The van der Waals surface area contributed by atoms with Crippen molar-refractivity contribution in [3.05, 3.63) is 23.2 Å². The molecule has 1 N–H and O–H groups in total. The summed E-state index contributed by atoms with van der Waals surface area (Å²) in [5.74, 6) is 2.97. The highest BCUT2D eigenvalue weighted by molar-refractivity contribution is 5.20. The number of likely N-dealkylation sites (tertiary alicyclic amines) is 1. The summed E-state index contributed by atoms with van der Waals surface area (Å²) in [7, 11) is 1.97. The molecule has 0 bridgehead atoms. The monoisotopic (exact) mass is 264 g/mol. The standard InChI is InChI=1S/C16H28N2O/c1-12-13(9-17-5)8-15(19-12)11-18-7-6-14(10-18)16(2,3)4/h8,14,17H,6-7,9-11H2,1-5H3. The zero-order valence-corrected chi connectivity index (χ0v) is 13.0. The summed E-state index contributed by atoms with van der Waals surface area (Å²) in [5.41, 5.74) is 1.70. The molecule has 0 aromatic carbocycles. The Labute approximate surface area is 117 Å². The number of nitrogens with one attached hydrogen (secondary N) is 1. The highest BCUT2D eigenvalue weighted by atomic mass is 16.3. The number of hydrogen-bond donors (Lipinski definition) is 1. The van der Waals surface area contributed by atoms with Crippen LogP contribution in [0.3, 0.4) is 0 Å². The molecule has 1 atom stereocenters. The lowest BCUT2D eigenvalue weighted by molar-refractivity contribution is 0.219. The Morgan fingerprint density at radius 3 is 2.74 bits per heavy atom. The van der Waals surface area contributed by atoms with Gasteiger partial charge in [-0.2, -0.15) is 0 Å². The van der Waals surface area contributed by atoms with E-state index in [1.165, 1.54) is 25.1 Å². The third kappa shape index (κ3) is 3.61. The van der Waals surface area contributed by atoms with E-state index in [4.69, 9.17) is 4.42 Å². The van der Waals surface area contributed by atoms with E-state index >= 15 is 0 Å². The fraction of sp³-hybridized carbons (Fsp3) is 0.750. The third-order valence-electron chi connectivity index (χ3n) is 4.32. The average Bonchev–Trinajstić information content (AvgIpc) is 2.87. The van der Waals surface area contributed by atoms with E-state index in [1.54, 1.807) is 0 Å². The molecule has 2 rings (SSSR count). The Morgan fingerprint density at radius 2 is 2.16 bits per heavy atom. The summed E-state index contributed by atoms with van der Waals surface area (Å²) >= 11 is 0. The van der Waals surface area contributed by atoms with Gasteiger partial charge in [-0.1, -0.05) is 20.8 Å². The van der Waals surface area contributed by atoms with Crippen molar-refractivity contribution in [2.75, 3.05) is 20.1 Å². The van der Waals surface area contributed by atoms with Crippen molar-refractivity contribution in [3.8, 4) is 0 Å². The van der Waals surface area contributed by atoms with Gasteiger partial charge in [0, 0.05) is 18.7 Å². The van der Waals surface area contributed by atoms with Crippen LogP contribution in [0.15, 0.2) is 10.5 Å². The van der Waals surface area contributed by atoms with E-state index in [1.807, 2.05) is 7.05 Å². The largest absolute Gasteiger partial charge is 0.465 e. The molecule has 3 nitrogen and oxygen atoms in total. The van der Waals surface area contributed by atoms with Crippen LogP contribution < -0.4 is 5.32 Å². The van der Waals surface area contributed by atoms with Gasteiger partial charge in [0.2, 0.25) is 0 Å². The van der Waals surface area contributed by atoms with Crippen LogP contribution in [0.2, 0.25) is 0 Å². The molecular weight excluding hydrogens is 236 g/mol. The van der Waals surface area contributed by atoms with Crippen LogP contribution in [0.1, 0.15) is 44.3 Å². The minimum absolute atomic E-state index is 0.422. The molecule has 1 fully saturated rings. The minimum atomic E-state index is 0.422. The van der Waals surface area contributed by atoms with Crippen LogP contribution in [-0.2, 0) is 13.1 Å². The number of furan rings is 1.